The molecule has 118 valence electrons. The Morgan fingerprint density at radius 3 is 2.68 bits per heavy atom. The van der Waals surface area contributed by atoms with E-state index in [0.29, 0.717) is 19.0 Å². The Bertz CT molecular complexity index is 608. The Hall–Kier alpha value is -2.48. The fourth-order valence-corrected chi connectivity index (χ4v) is 1.81. The number of ether oxygens (including phenoxy) is 1. The van der Waals surface area contributed by atoms with Crippen molar-refractivity contribution >= 4 is 11.6 Å². The Morgan fingerprint density at radius 1 is 1.32 bits per heavy atom. The Kier molecular flexibility index (Phi) is 5.42. The third-order valence-corrected chi connectivity index (χ3v) is 3.01. The highest BCUT2D eigenvalue weighted by atomic mass is 16.5. The molecule has 1 aromatic carbocycles. The molecule has 8 nitrogen and oxygen atoms in total. The Labute approximate surface area is 129 Å². The van der Waals surface area contributed by atoms with Crippen molar-refractivity contribution in [3.8, 4) is 11.4 Å². The van der Waals surface area contributed by atoms with Gasteiger partial charge in [0.05, 0.1) is 6.61 Å². The molecule has 0 saturated carbocycles. The number of hydrogen-bond acceptors (Lipinski definition) is 6. The van der Waals surface area contributed by atoms with Crippen molar-refractivity contribution in [1.82, 2.24) is 25.5 Å². The maximum Gasteiger partial charge on any atom is 0.243 e. The summed E-state index contributed by atoms with van der Waals surface area (Å²) in [4.78, 5) is 14.9. The van der Waals surface area contributed by atoms with Crippen LogP contribution in [0.15, 0.2) is 24.3 Å². The number of methoxy groups -OCH3 is 1. The van der Waals surface area contributed by atoms with E-state index in [0.717, 1.165) is 11.3 Å². The minimum atomic E-state index is -0.177. The zero-order valence-corrected chi connectivity index (χ0v) is 13.0. The minimum absolute atomic E-state index is 0.0342. The van der Waals surface area contributed by atoms with E-state index in [1.54, 1.807) is 7.11 Å². The van der Waals surface area contributed by atoms with Crippen molar-refractivity contribution in [1.29, 1.82) is 0 Å². The standard InChI is InChI=1S/C14H20N6O2/c1-19(2)12-6-4-11(5-7-12)14-16-18-20(17-14)10-13(21)15-8-9-22-3/h4-7H,8-10H2,1-3H3,(H,15,21). The quantitative estimate of drug-likeness (QED) is 0.734. The predicted octanol–water partition coefficient (Wildman–Crippen LogP) is 0.169. The summed E-state index contributed by atoms with van der Waals surface area (Å²) in [6.07, 6.45) is 0. The molecule has 1 N–H and O–H groups in total. The summed E-state index contributed by atoms with van der Waals surface area (Å²) in [6, 6.07) is 7.81. The third-order valence-electron chi connectivity index (χ3n) is 3.01. The summed E-state index contributed by atoms with van der Waals surface area (Å²) in [5, 5.41) is 14.8. The highest BCUT2D eigenvalue weighted by Crippen LogP contribution is 2.18. The first-order valence-corrected chi connectivity index (χ1v) is 6.91. The van der Waals surface area contributed by atoms with Crippen molar-refractivity contribution < 1.29 is 9.53 Å². The molecule has 22 heavy (non-hydrogen) atoms. The van der Waals surface area contributed by atoms with Crippen LogP contribution in [0.3, 0.4) is 0 Å². The smallest absolute Gasteiger partial charge is 0.243 e. The summed E-state index contributed by atoms with van der Waals surface area (Å²) < 4.78 is 4.86. The summed E-state index contributed by atoms with van der Waals surface area (Å²) in [5.41, 5.74) is 1.95. The zero-order chi connectivity index (χ0) is 15.9. The predicted molar refractivity (Wildman–Crippen MR) is 82.5 cm³/mol. The van der Waals surface area contributed by atoms with Crippen molar-refractivity contribution in [2.75, 3.05) is 39.3 Å². The first-order chi connectivity index (χ1) is 10.6. The Balaban J connectivity index is 1.97. The van der Waals surface area contributed by atoms with E-state index in [1.165, 1.54) is 4.80 Å². The molecule has 0 unspecified atom stereocenters. The lowest BCUT2D eigenvalue weighted by Crippen LogP contribution is -2.31. The van der Waals surface area contributed by atoms with Gasteiger partial charge in [-0.3, -0.25) is 4.79 Å². The third kappa shape index (κ3) is 4.26. The fourth-order valence-electron chi connectivity index (χ4n) is 1.81. The lowest BCUT2D eigenvalue weighted by molar-refractivity contribution is -0.122. The van der Waals surface area contributed by atoms with Gasteiger partial charge < -0.3 is 15.0 Å². The maximum atomic E-state index is 11.7. The highest BCUT2D eigenvalue weighted by molar-refractivity contribution is 5.75. The average Bonchev–Trinajstić information content (AvgIpc) is 2.96. The molecule has 1 heterocycles. The number of nitrogens with zero attached hydrogens (tertiary/aromatic N) is 5. The number of carbonyl (C=O) groups excluding carboxylic acids is 1. The number of rotatable bonds is 7. The van der Waals surface area contributed by atoms with Crippen molar-refractivity contribution in [2.45, 2.75) is 6.54 Å². The van der Waals surface area contributed by atoms with E-state index in [1.807, 2.05) is 43.3 Å². The number of nitrogens with one attached hydrogen (secondary N) is 1. The number of hydrogen-bond donors (Lipinski definition) is 1. The molecule has 0 fully saturated rings. The van der Waals surface area contributed by atoms with Crippen LogP contribution in [0.1, 0.15) is 0 Å². The van der Waals surface area contributed by atoms with E-state index >= 15 is 0 Å². The van der Waals surface area contributed by atoms with Crippen molar-refractivity contribution in [3.63, 3.8) is 0 Å². The summed E-state index contributed by atoms with van der Waals surface area (Å²) in [6.45, 7) is 0.968. The largest absolute Gasteiger partial charge is 0.383 e. The molecule has 0 atom stereocenters. The molecular formula is C14H20N6O2. The van der Waals surface area contributed by atoms with Crippen LogP contribution in [0.25, 0.3) is 11.4 Å². The summed E-state index contributed by atoms with van der Waals surface area (Å²) >= 11 is 0. The molecule has 0 aliphatic heterocycles. The van der Waals surface area contributed by atoms with Gasteiger partial charge >= 0.3 is 0 Å². The van der Waals surface area contributed by atoms with Gasteiger partial charge in [-0.1, -0.05) is 0 Å². The molecule has 1 aromatic heterocycles. The average molecular weight is 304 g/mol. The van der Waals surface area contributed by atoms with Crippen LogP contribution in [0.2, 0.25) is 0 Å². The van der Waals surface area contributed by atoms with Crippen LogP contribution >= 0.6 is 0 Å². The Morgan fingerprint density at radius 2 is 2.05 bits per heavy atom. The van der Waals surface area contributed by atoms with Crippen molar-refractivity contribution in [2.24, 2.45) is 0 Å². The van der Waals surface area contributed by atoms with Gasteiger partial charge in [-0.05, 0) is 29.5 Å². The molecule has 0 radical (unpaired) electrons. The first-order valence-electron chi connectivity index (χ1n) is 6.91. The van der Waals surface area contributed by atoms with E-state index in [2.05, 4.69) is 20.7 Å². The second-order valence-corrected chi connectivity index (χ2v) is 4.93. The molecule has 0 saturated heterocycles. The topological polar surface area (TPSA) is 85.2 Å². The first kappa shape index (κ1) is 15.9. The molecule has 8 heteroatoms. The van der Waals surface area contributed by atoms with Crippen LogP contribution < -0.4 is 10.2 Å². The minimum Gasteiger partial charge on any atom is -0.383 e. The van der Waals surface area contributed by atoms with E-state index in [-0.39, 0.29) is 12.5 Å². The van der Waals surface area contributed by atoms with Gasteiger partial charge in [0.15, 0.2) is 0 Å². The number of carbonyl (C=O) groups is 1. The maximum absolute atomic E-state index is 11.7. The number of benzene rings is 1. The lowest BCUT2D eigenvalue weighted by atomic mass is 10.2. The number of amides is 1. The normalized spacial score (nSPS) is 10.5. The van der Waals surface area contributed by atoms with Gasteiger partial charge in [0.1, 0.15) is 6.54 Å². The van der Waals surface area contributed by atoms with E-state index < -0.39 is 0 Å². The van der Waals surface area contributed by atoms with Gasteiger partial charge in [0.2, 0.25) is 11.7 Å². The molecule has 0 bridgehead atoms. The number of aromatic nitrogens is 4. The van der Waals surface area contributed by atoms with Crippen molar-refractivity contribution in [3.05, 3.63) is 24.3 Å². The van der Waals surface area contributed by atoms with Crippen LogP contribution in [-0.2, 0) is 16.1 Å². The fraction of sp³-hybridized carbons (Fsp3) is 0.429. The van der Waals surface area contributed by atoms with Crippen LogP contribution in [0, 0.1) is 0 Å². The molecular weight excluding hydrogens is 284 g/mol. The number of tetrazole rings is 1. The van der Waals surface area contributed by atoms with Crippen LogP contribution in [-0.4, -0.2) is 60.5 Å². The molecule has 1 amide bonds. The highest BCUT2D eigenvalue weighted by Gasteiger charge is 2.09. The molecule has 0 aliphatic carbocycles. The summed E-state index contributed by atoms with van der Waals surface area (Å²) in [5.74, 6) is 0.318. The monoisotopic (exact) mass is 304 g/mol. The molecule has 0 aliphatic rings. The van der Waals surface area contributed by atoms with Gasteiger partial charge in [-0.25, -0.2) is 0 Å². The second kappa shape index (κ2) is 7.51. The van der Waals surface area contributed by atoms with Gasteiger partial charge in [-0.2, -0.15) is 4.80 Å². The van der Waals surface area contributed by atoms with Gasteiger partial charge in [0.25, 0.3) is 0 Å². The van der Waals surface area contributed by atoms with Crippen LogP contribution in [0.4, 0.5) is 5.69 Å². The van der Waals surface area contributed by atoms with Crippen LogP contribution in [0.5, 0.6) is 0 Å². The summed E-state index contributed by atoms with van der Waals surface area (Å²) in [7, 11) is 5.54. The van der Waals surface area contributed by atoms with E-state index in [9.17, 15) is 4.79 Å². The van der Waals surface area contributed by atoms with E-state index in [4.69, 9.17) is 4.74 Å². The number of anilines is 1. The SMILES string of the molecule is COCCNC(=O)Cn1nnc(-c2ccc(N(C)C)cc2)n1. The molecule has 0 spiro atoms. The second-order valence-electron chi connectivity index (χ2n) is 4.93. The molecule has 2 rings (SSSR count). The lowest BCUT2D eigenvalue weighted by Gasteiger charge is -2.11. The van der Waals surface area contributed by atoms with Gasteiger partial charge in [0, 0.05) is 39.0 Å². The zero-order valence-electron chi connectivity index (χ0n) is 13.0. The molecule has 2 aromatic rings. The van der Waals surface area contributed by atoms with Gasteiger partial charge in [-0.15, -0.1) is 10.2 Å².